The third-order valence-corrected chi connectivity index (χ3v) is 4.65. The van der Waals surface area contributed by atoms with Crippen LogP contribution in [0.2, 0.25) is 0 Å². The summed E-state index contributed by atoms with van der Waals surface area (Å²) in [5.74, 6) is 0. The summed E-state index contributed by atoms with van der Waals surface area (Å²) in [6, 6.07) is 8.38. The van der Waals surface area contributed by atoms with Crippen molar-refractivity contribution < 1.29 is 4.79 Å². The van der Waals surface area contributed by atoms with Gasteiger partial charge in [0.05, 0.1) is 29.4 Å². The Kier molecular flexibility index (Phi) is 3.67. The van der Waals surface area contributed by atoms with Crippen LogP contribution >= 0.6 is 0 Å². The third-order valence-electron chi connectivity index (χ3n) is 4.65. The zero-order valence-electron chi connectivity index (χ0n) is 14.7. The molecule has 1 N–H and O–H groups in total. The summed E-state index contributed by atoms with van der Waals surface area (Å²) in [5.41, 5.74) is 4.84. The van der Waals surface area contributed by atoms with Crippen molar-refractivity contribution in [3.8, 4) is 11.4 Å². The van der Waals surface area contributed by atoms with Crippen molar-refractivity contribution in [2.75, 3.05) is 18.0 Å². The van der Waals surface area contributed by atoms with E-state index in [0.29, 0.717) is 19.1 Å². The summed E-state index contributed by atoms with van der Waals surface area (Å²) in [6.45, 7) is 7.71. The molecule has 1 aromatic carbocycles. The molecule has 1 fully saturated rings. The molecule has 1 aliphatic rings. The second kappa shape index (κ2) is 5.88. The predicted molar refractivity (Wildman–Crippen MR) is 98.8 cm³/mol. The fourth-order valence-corrected chi connectivity index (χ4v) is 3.32. The van der Waals surface area contributed by atoms with Crippen molar-refractivity contribution in [2.45, 2.75) is 26.8 Å². The molecule has 0 saturated carbocycles. The van der Waals surface area contributed by atoms with Gasteiger partial charge in [-0.3, -0.25) is 4.90 Å². The van der Waals surface area contributed by atoms with E-state index in [1.807, 2.05) is 30.7 Å². The summed E-state index contributed by atoms with van der Waals surface area (Å²) < 4.78 is 2.12. The van der Waals surface area contributed by atoms with E-state index in [1.165, 1.54) is 0 Å². The second-order valence-electron chi connectivity index (χ2n) is 6.69. The Labute approximate surface area is 146 Å². The average Bonchev–Trinajstić information content (AvgIpc) is 3.23. The van der Waals surface area contributed by atoms with Crippen molar-refractivity contribution in [2.24, 2.45) is 0 Å². The van der Waals surface area contributed by atoms with Crippen LogP contribution in [-0.2, 0) is 0 Å². The SMILES string of the molecule is Cc1cc(-c2cncn2C(C)C)nc2cc(N3CCNC3=O)ccc12. The number of carbonyl (C=O) groups excluding carboxylic acids is 1. The summed E-state index contributed by atoms with van der Waals surface area (Å²) in [6.07, 6.45) is 3.69. The van der Waals surface area contributed by atoms with Gasteiger partial charge in [0.25, 0.3) is 0 Å². The molecule has 0 radical (unpaired) electrons. The third kappa shape index (κ3) is 2.63. The first-order chi connectivity index (χ1) is 12.0. The topological polar surface area (TPSA) is 63.1 Å². The van der Waals surface area contributed by atoms with Gasteiger partial charge < -0.3 is 9.88 Å². The Morgan fingerprint density at radius 2 is 2.08 bits per heavy atom. The number of hydrogen-bond acceptors (Lipinski definition) is 3. The van der Waals surface area contributed by atoms with E-state index in [1.54, 1.807) is 4.90 Å². The highest BCUT2D eigenvalue weighted by molar-refractivity contribution is 5.97. The van der Waals surface area contributed by atoms with Crippen LogP contribution in [0.25, 0.3) is 22.3 Å². The first kappa shape index (κ1) is 15.6. The number of urea groups is 1. The zero-order chi connectivity index (χ0) is 17.6. The molecule has 0 unspecified atom stereocenters. The smallest absolute Gasteiger partial charge is 0.321 e. The fourth-order valence-electron chi connectivity index (χ4n) is 3.32. The largest absolute Gasteiger partial charge is 0.336 e. The van der Waals surface area contributed by atoms with Crippen molar-refractivity contribution in [3.05, 3.63) is 42.4 Å². The fraction of sp³-hybridized carbons (Fsp3) is 0.316. The van der Waals surface area contributed by atoms with Crippen LogP contribution in [-0.4, -0.2) is 33.7 Å². The Hall–Kier alpha value is -2.89. The van der Waals surface area contributed by atoms with E-state index >= 15 is 0 Å². The highest BCUT2D eigenvalue weighted by atomic mass is 16.2. The van der Waals surface area contributed by atoms with Crippen molar-refractivity contribution in [1.82, 2.24) is 19.9 Å². The van der Waals surface area contributed by atoms with Crippen LogP contribution in [0.1, 0.15) is 25.5 Å². The maximum absolute atomic E-state index is 11.9. The molecule has 4 rings (SSSR count). The predicted octanol–water partition coefficient (Wildman–Crippen LogP) is 3.52. The number of anilines is 1. The van der Waals surface area contributed by atoms with Crippen LogP contribution in [0, 0.1) is 6.92 Å². The number of nitrogens with one attached hydrogen (secondary N) is 1. The maximum atomic E-state index is 11.9. The van der Waals surface area contributed by atoms with Crippen LogP contribution in [0.15, 0.2) is 36.8 Å². The second-order valence-corrected chi connectivity index (χ2v) is 6.69. The Morgan fingerprint density at radius 1 is 1.24 bits per heavy atom. The number of carbonyl (C=O) groups is 1. The number of fused-ring (bicyclic) bond motifs is 1. The van der Waals surface area contributed by atoms with Crippen LogP contribution in [0.4, 0.5) is 10.5 Å². The van der Waals surface area contributed by atoms with E-state index in [0.717, 1.165) is 33.5 Å². The molecule has 25 heavy (non-hydrogen) atoms. The first-order valence-corrected chi connectivity index (χ1v) is 8.53. The van der Waals surface area contributed by atoms with Gasteiger partial charge in [0, 0.05) is 30.2 Å². The van der Waals surface area contributed by atoms with Gasteiger partial charge in [-0.25, -0.2) is 14.8 Å². The molecular formula is C19H21N5O. The number of benzene rings is 1. The minimum Gasteiger partial charge on any atom is -0.336 e. The molecule has 3 heterocycles. The van der Waals surface area contributed by atoms with Gasteiger partial charge in [-0.2, -0.15) is 0 Å². The van der Waals surface area contributed by atoms with E-state index in [2.05, 4.69) is 41.7 Å². The van der Waals surface area contributed by atoms with Crippen molar-refractivity contribution in [3.63, 3.8) is 0 Å². The van der Waals surface area contributed by atoms with Gasteiger partial charge in [-0.1, -0.05) is 6.07 Å². The maximum Gasteiger partial charge on any atom is 0.321 e. The summed E-state index contributed by atoms with van der Waals surface area (Å²) in [5, 5.41) is 3.94. The first-order valence-electron chi connectivity index (χ1n) is 8.53. The molecular weight excluding hydrogens is 314 g/mol. The Bertz CT molecular complexity index is 960. The quantitative estimate of drug-likeness (QED) is 0.796. The van der Waals surface area contributed by atoms with E-state index in [9.17, 15) is 4.79 Å². The van der Waals surface area contributed by atoms with E-state index in [-0.39, 0.29) is 6.03 Å². The monoisotopic (exact) mass is 335 g/mol. The Morgan fingerprint density at radius 3 is 2.80 bits per heavy atom. The number of hydrogen-bond donors (Lipinski definition) is 1. The lowest BCUT2D eigenvalue weighted by molar-refractivity contribution is 0.252. The molecule has 2 amide bonds. The number of aromatic nitrogens is 3. The molecule has 3 aromatic rings. The molecule has 128 valence electrons. The number of rotatable bonds is 3. The summed E-state index contributed by atoms with van der Waals surface area (Å²) in [7, 11) is 0. The minimum atomic E-state index is -0.0508. The van der Waals surface area contributed by atoms with Crippen LogP contribution < -0.4 is 10.2 Å². The minimum absolute atomic E-state index is 0.0508. The standard InChI is InChI=1S/C19H21N5O/c1-12(2)24-11-20-10-18(24)17-8-13(3)15-5-4-14(9-16(15)22-17)23-7-6-21-19(23)25/h4-5,8-12H,6-7H2,1-3H3,(H,21,25). The molecule has 6 heteroatoms. The van der Waals surface area contributed by atoms with Crippen molar-refractivity contribution >= 4 is 22.6 Å². The van der Waals surface area contributed by atoms with E-state index < -0.39 is 0 Å². The van der Waals surface area contributed by atoms with Gasteiger partial charge in [-0.05, 0) is 44.5 Å². The molecule has 2 aromatic heterocycles. The molecule has 0 spiro atoms. The summed E-state index contributed by atoms with van der Waals surface area (Å²) >= 11 is 0. The van der Waals surface area contributed by atoms with Gasteiger partial charge in [-0.15, -0.1) is 0 Å². The number of pyridine rings is 1. The van der Waals surface area contributed by atoms with Gasteiger partial charge in [0.1, 0.15) is 0 Å². The lowest BCUT2D eigenvalue weighted by Crippen LogP contribution is -2.27. The molecule has 1 aliphatic heterocycles. The summed E-state index contributed by atoms with van der Waals surface area (Å²) in [4.78, 5) is 22.8. The Balaban J connectivity index is 1.84. The average molecular weight is 335 g/mol. The number of imidazole rings is 1. The normalized spacial score (nSPS) is 14.6. The molecule has 0 atom stereocenters. The highest BCUT2D eigenvalue weighted by Gasteiger charge is 2.21. The van der Waals surface area contributed by atoms with Crippen LogP contribution in [0.3, 0.4) is 0 Å². The lowest BCUT2D eigenvalue weighted by Gasteiger charge is -2.16. The molecule has 6 nitrogen and oxygen atoms in total. The molecule has 0 aliphatic carbocycles. The van der Waals surface area contributed by atoms with Crippen molar-refractivity contribution in [1.29, 1.82) is 0 Å². The number of amides is 2. The highest BCUT2D eigenvalue weighted by Crippen LogP contribution is 2.29. The van der Waals surface area contributed by atoms with Gasteiger partial charge in [0.2, 0.25) is 0 Å². The molecule has 1 saturated heterocycles. The van der Waals surface area contributed by atoms with Crippen LogP contribution in [0.5, 0.6) is 0 Å². The molecule has 0 bridgehead atoms. The van der Waals surface area contributed by atoms with Gasteiger partial charge in [0.15, 0.2) is 0 Å². The lowest BCUT2D eigenvalue weighted by atomic mass is 10.1. The number of aryl methyl sites for hydroxylation is 1. The zero-order valence-corrected chi connectivity index (χ0v) is 14.7. The van der Waals surface area contributed by atoms with Gasteiger partial charge >= 0.3 is 6.03 Å². The van der Waals surface area contributed by atoms with E-state index in [4.69, 9.17) is 4.98 Å². The number of nitrogens with zero attached hydrogens (tertiary/aromatic N) is 4.